The summed E-state index contributed by atoms with van der Waals surface area (Å²) in [6, 6.07) is 9.12. The Hall–Kier alpha value is -0.250. The SMILES string of the molecule is COP(O)(O)=[S+]c1ccccc1. The van der Waals surface area contributed by atoms with Gasteiger partial charge >= 0.3 is 6.72 Å². The third-order valence-corrected chi connectivity index (χ3v) is 4.20. The van der Waals surface area contributed by atoms with Crippen LogP contribution in [0.25, 0.3) is 0 Å². The molecule has 0 aromatic heterocycles. The molecule has 66 valence electrons. The average molecular weight is 205 g/mol. The van der Waals surface area contributed by atoms with E-state index in [4.69, 9.17) is 0 Å². The van der Waals surface area contributed by atoms with Crippen molar-refractivity contribution in [2.75, 3.05) is 7.11 Å². The van der Waals surface area contributed by atoms with Gasteiger partial charge in [0.05, 0.1) is 0 Å². The predicted molar refractivity (Wildman–Crippen MR) is 50.4 cm³/mol. The third kappa shape index (κ3) is 3.01. The highest BCUT2D eigenvalue weighted by molar-refractivity contribution is 8.16. The van der Waals surface area contributed by atoms with Crippen LogP contribution in [-0.4, -0.2) is 16.9 Å². The Balaban J connectivity index is 2.96. The van der Waals surface area contributed by atoms with Crippen LogP contribution in [0.2, 0.25) is 0 Å². The van der Waals surface area contributed by atoms with E-state index in [-0.39, 0.29) is 0 Å². The van der Waals surface area contributed by atoms with Crippen LogP contribution in [0, 0.1) is 0 Å². The highest BCUT2D eigenvalue weighted by Gasteiger charge is 2.24. The Labute approximate surface area is 74.8 Å². The van der Waals surface area contributed by atoms with Crippen molar-refractivity contribution in [3.8, 4) is 0 Å². The van der Waals surface area contributed by atoms with Crippen molar-refractivity contribution in [1.82, 2.24) is 0 Å². The van der Waals surface area contributed by atoms with Gasteiger partial charge < -0.3 is 0 Å². The van der Waals surface area contributed by atoms with Gasteiger partial charge in [-0.3, -0.25) is 14.3 Å². The van der Waals surface area contributed by atoms with Crippen molar-refractivity contribution in [3.63, 3.8) is 0 Å². The van der Waals surface area contributed by atoms with E-state index in [2.05, 4.69) is 4.52 Å². The van der Waals surface area contributed by atoms with Gasteiger partial charge in [-0.1, -0.05) is 18.2 Å². The highest BCUT2D eigenvalue weighted by Crippen LogP contribution is 2.39. The van der Waals surface area contributed by atoms with E-state index in [0.717, 1.165) is 15.8 Å². The molecule has 0 saturated carbocycles. The molecule has 0 aliphatic heterocycles. The first kappa shape index (κ1) is 9.84. The minimum Gasteiger partial charge on any atom is -0.289 e. The normalized spacial score (nSPS) is 11.2. The lowest BCUT2D eigenvalue weighted by Gasteiger charge is -1.93. The predicted octanol–water partition coefficient (Wildman–Crippen LogP) is 1.44. The smallest absolute Gasteiger partial charge is 0.289 e. The minimum absolute atomic E-state index is 0.790. The molecular weight excluding hydrogens is 195 g/mol. The summed E-state index contributed by atoms with van der Waals surface area (Å²) >= 11 is 0. The van der Waals surface area contributed by atoms with Gasteiger partial charge in [0, 0.05) is 19.2 Å². The minimum atomic E-state index is -3.23. The summed E-state index contributed by atoms with van der Waals surface area (Å²) in [4.78, 5) is 19.2. The first-order chi connectivity index (χ1) is 5.64. The molecule has 0 aliphatic rings. The molecule has 0 aliphatic carbocycles. The maximum absolute atomic E-state index is 9.18. The molecule has 3 nitrogen and oxygen atoms in total. The van der Waals surface area contributed by atoms with Gasteiger partial charge in [-0.2, -0.15) is 0 Å². The fourth-order valence-electron chi connectivity index (χ4n) is 0.656. The van der Waals surface area contributed by atoms with Gasteiger partial charge in [-0.25, -0.2) is 0 Å². The van der Waals surface area contributed by atoms with Gasteiger partial charge in [-0.05, 0) is 0 Å². The number of hydrogen-bond donors (Lipinski definition) is 2. The van der Waals surface area contributed by atoms with Gasteiger partial charge in [0.1, 0.15) is 0 Å². The Kier molecular flexibility index (Phi) is 3.38. The highest BCUT2D eigenvalue weighted by atomic mass is 32.5. The standard InChI is InChI=1S/C7H10O3PS/c1-10-11(8,9)12-7-5-3-2-4-6-7/h2-6,8-9H,1H3/q+1. The van der Waals surface area contributed by atoms with Crippen LogP contribution in [-0.2, 0) is 15.5 Å². The summed E-state index contributed by atoms with van der Waals surface area (Å²) in [6.07, 6.45) is 0. The van der Waals surface area contributed by atoms with Crippen LogP contribution in [0.4, 0.5) is 0 Å². The molecule has 0 radical (unpaired) electrons. The van der Waals surface area contributed by atoms with Crippen molar-refractivity contribution in [2.45, 2.75) is 4.90 Å². The molecule has 1 aromatic carbocycles. The number of benzene rings is 1. The summed E-state index contributed by atoms with van der Waals surface area (Å²) < 4.78 is 4.53. The molecule has 0 spiro atoms. The van der Waals surface area contributed by atoms with Crippen LogP contribution in [0.15, 0.2) is 35.2 Å². The van der Waals surface area contributed by atoms with E-state index in [1.54, 1.807) is 12.1 Å². The molecule has 12 heavy (non-hydrogen) atoms. The van der Waals surface area contributed by atoms with Crippen molar-refractivity contribution in [3.05, 3.63) is 30.3 Å². The zero-order valence-corrected chi connectivity index (χ0v) is 8.26. The molecule has 0 amide bonds. The van der Waals surface area contributed by atoms with E-state index in [0.29, 0.717) is 0 Å². The Morgan fingerprint density at radius 1 is 1.25 bits per heavy atom. The van der Waals surface area contributed by atoms with E-state index in [1.807, 2.05) is 18.2 Å². The average Bonchev–Trinajstić information content (AvgIpc) is 2.06. The van der Waals surface area contributed by atoms with Crippen molar-refractivity contribution < 1.29 is 14.3 Å². The van der Waals surface area contributed by atoms with Crippen molar-refractivity contribution in [1.29, 1.82) is 0 Å². The second kappa shape index (κ2) is 4.12. The summed E-state index contributed by atoms with van der Waals surface area (Å²) in [7, 11) is 2.23. The topological polar surface area (TPSA) is 49.7 Å². The molecule has 0 saturated heterocycles. The van der Waals surface area contributed by atoms with Crippen LogP contribution in [0.3, 0.4) is 0 Å². The van der Waals surface area contributed by atoms with Crippen LogP contribution >= 0.6 is 6.72 Å². The molecule has 0 heterocycles. The van der Waals surface area contributed by atoms with Crippen LogP contribution in [0.1, 0.15) is 0 Å². The van der Waals surface area contributed by atoms with E-state index in [9.17, 15) is 9.79 Å². The molecule has 0 unspecified atom stereocenters. The summed E-state index contributed by atoms with van der Waals surface area (Å²) in [5.41, 5.74) is 0. The first-order valence-electron chi connectivity index (χ1n) is 3.29. The molecular formula is C7H10O3PS+. The van der Waals surface area contributed by atoms with Gasteiger partial charge in [0.25, 0.3) is 10.9 Å². The first-order valence-corrected chi connectivity index (χ1v) is 6.32. The second-order valence-corrected chi connectivity index (χ2v) is 6.05. The summed E-state index contributed by atoms with van der Waals surface area (Å²) in [5.74, 6) is 0. The fraction of sp³-hybridized carbons (Fsp3) is 0.143. The summed E-state index contributed by atoms with van der Waals surface area (Å²) in [5, 5.41) is 0. The molecule has 0 fully saturated rings. The van der Waals surface area contributed by atoms with Gasteiger partial charge in [0.2, 0.25) is 4.90 Å². The zero-order valence-electron chi connectivity index (χ0n) is 6.54. The second-order valence-electron chi connectivity index (χ2n) is 2.08. The van der Waals surface area contributed by atoms with Gasteiger partial charge in [0.15, 0.2) is 0 Å². The lowest BCUT2D eigenvalue weighted by atomic mass is 10.4. The van der Waals surface area contributed by atoms with E-state index < -0.39 is 6.72 Å². The van der Waals surface area contributed by atoms with Crippen molar-refractivity contribution in [2.24, 2.45) is 0 Å². The Morgan fingerprint density at radius 2 is 1.83 bits per heavy atom. The van der Waals surface area contributed by atoms with Crippen LogP contribution < -0.4 is 0 Å². The quantitative estimate of drug-likeness (QED) is 0.567. The fourth-order valence-corrected chi connectivity index (χ4v) is 2.70. The molecule has 2 N–H and O–H groups in total. The monoisotopic (exact) mass is 205 g/mol. The molecule has 0 bridgehead atoms. The van der Waals surface area contributed by atoms with Crippen LogP contribution in [0.5, 0.6) is 0 Å². The van der Waals surface area contributed by atoms with E-state index in [1.165, 1.54) is 7.11 Å². The Morgan fingerprint density at radius 3 is 2.33 bits per heavy atom. The molecule has 5 heteroatoms. The third-order valence-electron chi connectivity index (χ3n) is 1.21. The molecule has 1 aromatic rings. The molecule has 0 atom stereocenters. The van der Waals surface area contributed by atoms with Crippen molar-refractivity contribution >= 4 is 17.7 Å². The number of rotatable bonds is 2. The van der Waals surface area contributed by atoms with Gasteiger partial charge in [-0.15, -0.1) is 0 Å². The zero-order chi connectivity index (χ0) is 9.03. The largest absolute Gasteiger partial charge is 0.524 e. The maximum Gasteiger partial charge on any atom is 0.524 e. The maximum atomic E-state index is 9.18. The van der Waals surface area contributed by atoms with E-state index >= 15 is 0 Å². The number of hydrogen-bond acceptors (Lipinski definition) is 1. The lowest BCUT2D eigenvalue weighted by Crippen LogP contribution is -1.83. The Bertz CT molecular complexity index is 293. The molecule has 1 rings (SSSR count). The lowest BCUT2D eigenvalue weighted by molar-refractivity contribution is 0.306. The summed E-state index contributed by atoms with van der Waals surface area (Å²) in [6.45, 7) is -3.23.